The molecule has 6 heteroatoms. The second-order valence-electron chi connectivity index (χ2n) is 5.78. The van der Waals surface area contributed by atoms with Gasteiger partial charge in [-0.2, -0.15) is 0 Å². The molecule has 2 heterocycles. The Labute approximate surface area is 138 Å². The summed E-state index contributed by atoms with van der Waals surface area (Å²) in [5.74, 6) is -0.537. The molecule has 0 aliphatic carbocycles. The Morgan fingerprint density at radius 3 is 2.38 bits per heavy atom. The van der Waals surface area contributed by atoms with Gasteiger partial charge in [0.15, 0.2) is 6.10 Å². The van der Waals surface area contributed by atoms with Crippen LogP contribution in [0.5, 0.6) is 5.75 Å². The standard InChI is InChI=1S/C18H16N2O4/c1-23-13-9-7-11(8-10-13)15-14-16(18(22)19-17(14)21)24-20(15)12-5-3-2-4-6-12/h2-10,14-16H,1H3,(H,19,21,22)/t14-,15+,16+/m0/s1. The predicted molar refractivity (Wildman–Crippen MR) is 86.2 cm³/mol. The summed E-state index contributed by atoms with van der Waals surface area (Å²) in [5, 5.41) is 4.02. The zero-order chi connectivity index (χ0) is 16.7. The molecule has 2 amide bonds. The number of para-hydroxylation sites is 1. The van der Waals surface area contributed by atoms with Crippen LogP contribution >= 0.6 is 0 Å². The first-order valence-electron chi connectivity index (χ1n) is 7.69. The average Bonchev–Trinajstić information content (AvgIpc) is 3.14. The number of methoxy groups -OCH3 is 1. The molecule has 2 aliphatic rings. The second kappa shape index (κ2) is 5.65. The fourth-order valence-corrected chi connectivity index (χ4v) is 3.27. The highest BCUT2D eigenvalue weighted by Crippen LogP contribution is 2.44. The number of hydroxylamine groups is 1. The Bertz CT molecular complexity index is 775. The van der Waals surface area contributed by atoms with Crippen molar-refractivity contribution in [2.75, 3.05) is 12.2 Å². The topological polar surface area (TPSA) is 67.9 Å². The van der Waals surface area contributed by atoms with E-state index >= 15 is 0 Å². The third-order valence-corrected chi connectivity index (χ3v) is 4.42. The molecule has 2 aliphatic heterocycles. The molecule has 2 fully saturated rings. The number of carbonyl (C=O) groups is 2. The largest absolute Gasteiger partial charge is 0.497 e. The summed E-state index contributed by atoms with van der Waals surface area (Å²) >= 11 is 0. The molecular formula is C18H16N2O4. The van der Waals surface area contributed by atoms with E-state index in [0.717, 1.165) is 17.0 Å². The molecule has 4 rings (SSSR count). The van der Waals surface area contributed by atoms with Crippen LogP contribution in [0.2, 0.25) is 0 Å². The minimum absolute atomic E-state index is 0.302. The SMILES string of the molecule is COc1ccc([C@@H]2[C@@H]3C(=O)NC(=O)[C@@H]3ON2c2ccccc2)cc1. The maximum absolute atomic E-state index is 12.3. The minimum atomic E-state index is -0.801. The average molecular weight is 324 g/mol. The molecule has 2 aromatic rings. The van der Waals surface area contributed by atoms with Gasteiger partial charge < -0.3 is 4.74 Å². The Hall–Kier alpha value is -2.86. The van der Waals surface area contributed by atoms with E-state index in [2.05, 4.69) is 5.32 Å². The van der Waals surface area contributed by atoms with E-state index < -0.39 is 12.0 Å². The van der Waals surface area contributed by atoms with Crippen molar-refractivity contribution in [1.29, 1.82) is 0 Å². The van der Waals surface area contributed by atoms with Crippen LogP contribution in [0.4, 0.5) is 5.69 Å². The fourth-order valence-electron chi connectivity index (χ4n) is 3.27. The van der Waals surface area contributed by atoms with E-state index in [4.69, 9.17) is 9.57 Å². The summed E-state index contributed by atoms with van der Waals surface area (Å²) in [7, 11) is 1.60. The Morgan fingerprint density at radius 1 is 1.00 bits per heavy atom. The number of nitrogens with zero attached hydrogens (tertiary/aromatic N) is 1. The van der Waals surface area contributed by atoms with Crippen molar-refractivity contribution in [3.8, 4) is 5.75 Å². The van der Waals surface area contributed by atoms with Crippen molar-refractivity contribution in [3.63, 3.8) is 0 Å². The van der Waals surface area contributed by atoms with Crippen LogP contribution in [0.3, 0.4) is 0 Å². The van der Waals surface area contributed by atoms with Crippen LogP contribution in [0.1, 0.15) is 11.6 Å². The fraction of sp³-hybridized carbons (Fsp3) is 0.222. The number of rotatable bonds is 3. The van der Waals surface area contributed by atoms with Gasteiger partial charge >= 0.3 is 0 Å². The van der Waals surface area contributed by atoms with E-state index in [1.165, 1.54) is 0 Å². The van der Waals surface area contributed by atoms with Gasteiger partial charge in [-0.1, -0.05) is 30.3 Å². The Morgan fingerprint density at radius 2 is 1.71 bits per heavy atom. The van der Waals surface area contributed by atoms with Gasteiger partial charge in [0.25, 0.3) is 5.91 Å². The molecule has 0 radical (unpaired) electrons. The summed E-state index contributed by atoms with van der Waals surface area (Å²) < 4.78 is 5.19. The molecule has 24 heavy (non-hydrogen) atoms. The normalized spacial score (nSPS) is 25.5. The van der Waals surface area contributed by atoms with Crippen LogP contribution in [-0.4, -0.2) is 25.0 Å². The van der Waals surface area contributed by atoms with E-state index in [1.807, 2.05) is 54.6 Å². The number of benzene rings is 2. The molecule has 3 atom stereocenters. The first-order valence-corrected chi connectivity index (χ1v) is 7.69. The lowest BCUT2D eigenvalue weighted by atomic mass is 9.90. The molecule has 0 bridgehead atoms. The lowest BCUT2D eigenvalue weighted by Crippen LogP contribution is -2.33. The van der Waals surface area contributed by atoms with Crippen LogP contribution < -0.4 is 15.1 Å². The molecule has 6 nitrogen and oxygen atoms in total. The highest BCUT2D eigenvalue weighted by atomic mass is 16.7. The van der Waals surface area contributed by atoms with Crippen LogP contribution in [0, 0.1) is 5.92 Å². The number of ether oxygens (including phenoxy) is 1. The quantitative estimate of drug-likeness (QED) is 0.873. The van der Waals surface area contributed by atoms with Gasteiger partial charge in [0.1, 0.15) is 11.7 Å². The third kappa shape index (κ3) is 2.23. The lowest BCUT2D eigenvalue weighted by Gasteiger charge is -2.27. The molecule has 2 saturated heterocycles. The summed E-state index contributed by atoms with van der Waals surface area (Å²) in [5.41, 5.74) is 1.69. The van der Waals surface area contributed by atoms with Crippen LogP contribution in [0.25, 0.3) is 0 Å². The van der Waals surface area contributed by atoms with Gasteiger partial charge in [0, 0.05) is 0 Å². The maximum Gasteiger partial charge on any atom is 0.259 e. The predicted octanol–water partition coefficient (Wildman–Crippen LogP) is 1.83. The highest BCUT2D eigenvalue weighted by molar-refractivity contribution is 6.07. The van der Waals surface area contributed by atoms with Crippen molar-refractivity contribution in [1.82, 2.24) is 5.32 Å². The smallest absolute Gasteiger partial charge is 0.259 e. The van der Waals surface area contributed by atoms with Crippen LogP contribution in [0.15, 0.2) is 54.6 Å². The number of amides is 2. The molecule has 2 aromatic carbocycles. The first kappa shape index (κ1) is 14.7. The van der Waals surface area contributed by atoms with Gasteiger partial charge in [-0.15, -0.1) is 0 Å². The van der Waals surface area contributed by atoms with Crippen molar-refractivity contribution in [2.24, 2.45) is 5.92 Å². The highest BCUT2D eigenvalue weighted by Gasteiger charge is 2.56. The zero-order valence-electron chi connectivity index (χ0n) is 13.0. The number of nitrogens with one attached hydrogen (secondary N) is 1. The summed E-state index contributed by atoms with van der Waals surface area (Å²) in [6, 6.07) is 16.5. The molecule has 122 valence electrons. The van der Waals surface area contributed by atoms with Gasteiger partial charge in [-0.3, -0.25) is 19.7 Å². The van der Waals surface area contributed by atoms with E-state index in [9.17, 15) is 9.59 Å². The summed E-state index contributed by atoms with van der Waals surface area (Å²) in [4.78, 5) is 30.2. The molecule has 0 aromatic heterocycles. The molecule has 0 unspecified atom stereocenters. The monoisotopic (exact) mass is 324 g/mol. The molecule has 0 spiro atoms. The number of anilines is 1. The maximum atomic E-state index is 12.3. The van der Waals surface area contributed by atoms with Gasteiger partial charge in [-0.25, -0.2) is 5.06 Å². The van der Waals surface area contributed by atoms with E-state index in [0.29, 0.717) is 0 Å². The number of hydrogen-bond acceptors (Lipinski definition) is 5. The third-order valence-electron chi connectivity index (χ3n) is 4.42. The lowest BCUT2D eigenvalue weighted by molar-refractivity contribution is -0.129. The van der Waals surface area contributed by atoms with Gasteiger partial charge in [0.05, 0.1) is 18.8 Å². The minimum Gasteiger partial charge on any atom is -0.497 e. The number of carbonyl (C=O) groups excluding carboxylic acids is 2. The number of imide groups is 1. The van der Waals surface area contributed by atoms with Gasteiger partial charge in [-0.05, 0) is 29.8 Å². The number of hydrogen-bond donors (Lipinski definition) is 1. The van der Waals surface area contributed by atoms with Crippen LogP contribution in [-0.2, 0) is 14.4 Å². The van der Waals surface area contributed by atoms with Crippen molar-refractivity contribution in [3.05, 3.63) is 60.2 Å². The van der Waals surface area contributed by atoms with Crippen molar-refractivity contribution in [2.45, 2.75) is 12.1 Å². The molecule has 1 N–H and O–H groups in total. The summed E-state index contributed by atoms with van der Waals surface area (Å²) in [6.07, 6.45) is -0.801. The van der Waals surface area contributed by atoms with E-state index in [-0.39, 0.29) is 17.9 Å². The van der Waals surface area contributed by atoms with Crippen molar-refractivity contribution < 1.29 is 19.2 Å². The zero-order valence-corrected chi connectivity index (χ0v) is 13.0. The number of fused-ring (bicyclic) bond motifs is 1. The first-order chi connectivity index (χ1) is 11.7. The van der Waals surface area contributed by atoms with Gasteiger partial charge in [0.2, 0.25) is 5.91 Å². The molecule has 0 saturated carbocycles. The summed E-state index contributed by atoms with van der Waals surface area (Å²) in [6.45, 7) is 0. The second-order valence-corrected chi connectivity index (χ2v) is 5.78. The van der Waals surface area contributed by atoms with Crippen molar-refractivity contribution >= 4 is 17.5 Å². The Kier molecular flexibility index (Phi) is 3.46. The Balaban J connectivity index is 1.78. The van der Waals surface area contributed by atoms with E-state index in [1.54, 1.807) is 12.2 Å². The molecular weight excluding hydrogens is 308 g/mol.